The summed E-state index contributed by atoms with van der Waals surface area (Å²) in [5, 5.41) is 4.89. The Bertz CT molecular complexity index is 267. The van der Waals surface area contributed by atoms with Gasteiger partial charge < -0.3 is 5.32 Å². The van der Waals surface area contributed by atoms with E-state index in [9.17, 15) is 0 Å². The standard InChI is InChI=1S/C14H26N2S/c1-10(2)13-8-9-17-14(16-13)15-12-6-4-11(3)5-7-12/h10-13H,4-9H2,1-3H3,(H,15,16). The van der Waals surface area contributed by atoms with E-state index in [4.69, 9.17) is 4.99 Å². The Morgan fingerprint density at radius 1 is 1.18 bits per heavy atom. The largest absolute Gasteiger partial charge is 0.362 e. The van der Waals surface area contributed by atoms with Crippen molar-refractivity contribution in [2.24, 2.45) is 16.8 Å². The SMILES string of the molecule is CC1CCC(NC2=NC(C(C)C)CCS2)CC1. The van der Waals surface area contributed by atoms with Crippen LogP contribution >= 0.6 is 11.8 Å². The zero-order chi connectivity index (χ0) is 12.3. The van der Waals surface area contributed by atoms with Gasteiger partial charge in [0.25, 0.3) is 0 Å². The third-order valence-electron chi connectivity index (χ3n) is 4.05. The molecule has 1 aliphatic carbocycles. The van der Waals surface area contributed by atoms with Crippen molar-refractivity contribution in [2.75, 3.05) is 5.75 Å². The molecule has 0 spiro atoms. The molecule has 2 rings (SSSR count). The first kappa shape index (κ1) is 13.3. The molecule has 17 heavy (non-hydrogen) atoms. The fourth-order valence-electron chi connectivity index (χ4n) is 2.67. The maximum Gasteiger partial charge on any atom is 0.157 e. The van der Waals surface area contributed by atoms with Crippen molar-refractivity contribution >= 4 is 16.9 Å². The molecule has 1 atom stereocenters. The summed E-state index contributed by atoms with van der Waals surface area (Å²) >= 11 is 1.92. The van der Waals surface area contributed by atoms with Crippen molar-refractivity contribution in [2.45, 2.75) is 65.0 Å². The first-order valence-corrected chi connectivity index (χ1v) is 8.11. The number of nitrogens with one attached hydrogen (secondary N) is 1. The second-order valence-corrected chi connectivity index (χ2v) is 7.07. The molecule has 98 valence electrons. The lowest BCUT2D eigenvalue weighted by Crippen LogP contribution is -2.38. The van der Waals surface area contributed by atoms with E-state index in [1.165, 1.54) is 43.0 Å². The number of hydrogen-bond acceptors (Lipinski definition) is 3. The predicted molar refractivity (Wildman–Crippen MR) is 77.7 cm³/mol. The molecule has 1 aliphatic heterocycles. The van der Waals surface area contributed by atoms with Crippen molar-refractivity contribution in [3.63, 3.8) is 0 Å². The molecule has 1 unspecified atom stereocenters. The first-order valence-electron chi connectivity index (χ1n) is 7.12. The second-order valence-electron chi connectivity index (χ2n) is 5.98. The Kier molecular flexibility index (Phi) is 4.78. The first-order chi connectivity index (χ1) is 8.15. The molecule has 3 heteroatoms. The van der Waals surface area contributed by atoms with Crippen LogP contribution in [-0.4, -0.2) is 23.0 Å². The fraction of sp³-hybridized carbons (Fsp3) is 0.929. The minimum absolute atomic E-state index is 0.543. The van der Waals surface area contributed by atoms with Crippen LogP contribution in [-0.2, 0) is 0 Å². The molecule has 1 fully saturated rings. The maximum absolute atomic E-state index is 4.86. The second kappa shape index (κ2) is 6.12. The zero-order valence-electron chi connectivity index (χ0n) is 11.4. The number of aliphatic imine (C=N–C) groups is 1. The lowest BCUT2D eigenvalue weighted by molar-refractivity contribution is 0.331. The molecule has 0 aromatic heterocycles. The van der Waals surface area contributed by atoms with E-state index < -0.39 is 0 Å². The van der Waals surface area contributed by atoms with Crippen LogP contribution in [0.15, 0.2) is 4.99 Å². The van der Waals surface area contributed by atoms with Crippen LogP contribution in [0, 0.1) is 11.8 Å². The van der Waals surface area contributed by atoms with Crippen LogP contribution in [0.2, 0.25) is 0 Å². The van der Waals surface area contributed by atoms with Gasteiger partial charge >= 0.3 is 0 Å². The van der Waals surface area contributed by atoms with Gasteiger partial charge in [0.05, 0.1) is 6.04 Å². The Morgan fingerprint density at radius 2 is 1.88 bits per heavy atom. The van der Waals surface area contributed by atoms with Crippen LogP contribution in [0.1, 0.15) is 52.9 Å². The minimum atomic E-state index is 0.543. The highest BCUT2D eigenvalue weighted by Gasteiger charge is 2.22. The number of nitrogens with zero attached hydrogens (tertiary/aromatic N) is 1. The van der Waals surface area contributed by atoms with E-state index in [1.54, 1.807) is 0 Å². The number of amidine groups is 1. The predicted octanol–water partition coefficient (Wildman–Crippen LogP) is 3.67. The summed E-state index contributed by atoms with van der Waals surface area (Å²) in [6, 6.07) is 1.23. The molecule has 2 aliphatic rings. The van der Waals surface area contributed by atoms with E-state index in [0.29, 0.717) is 18.0 Å². The van der Waals surface area contributed by atoms with Gasteiger partial charge in [0, 0.05) is 11.8 Å². The minimum Gasteiger partial charge on any atom is -0.362 e. The van der Waals surface area contributed by atoms with Gasteiger partial charge in [0.1, 0.15) is 0 Å². The summed E-state index contributed by atoms with van der Waals surface area (Å²) in [7, 11) is 0. The molecular formula is C14H26N2S. The summed E-state index contributed by atoms with van der Waals surface area (Å²) in [5.74, 6) is 2.84. The molecule has 1 heterocycles. The lowest BCUT2D eigenvalue weighted by atomic mass is 9.87. The molecule has 0 radical (unpaired) electrons. The van der Waals surface area contributed by atoms with Gasteiger partial charge in [-0.15, -0.1) is 0 Å². The van der Waals surface area contributed by atoms with Gasteiger partial charge in [0.2, 0.25) is 0 Å². The highest BCUT2D eigenvalue weighted by Crippen LogP contribution is 2.26. The smallest absolute Gasteiger partial charge is 0.157 e. The van der Waals surface area contributed by atoms with Gasteiger partial charge in [-0.3, -0.25) is 4.99 Å². The van der Waals surface area contributed by atoms with E-state index in [1.807, 2.05) is 11.8 Å². The van der Waals surface area contributed by atoms with Crippen molar-refractivity contribution in [1.82, 2.24) is 5.32 Å². The molecule has 0 amide bonds. The summed E-state index contributed by atoms with van der Waals surface area (Å²) in [5.41, 5.74) is 0. The van der Waals surface area contributed by atoms with E-state index in [-0.39, 0.29) is 0 Å². The summed E-state index contributed by atoms with van der Waals surface area (Å²) in [4.78, 5) is 4.86. The van der Waals surface area contributed by atoms with Crippen LogP contribution in [0.4, 0.5) is 0 Å². The summed E-state index contributed by atoms with van der Waals surface area (Å²) in [6.07, 6.45) is 6.65. The number of hydrogen-bond donors (Lipinski definition) is 1. The Hall–Kier alpha value is -0.180. The van der Waals surface area contributed by atoms with Crippen LogP contribution < -0.4 is 5.32 Å². The van der Waals surface area contributed by atoms with E-state index in [0.717, 1.165) is 5.92 Å². The molecule has 0 bridgehead atoms. The van der Waals surface area contributed by atoms with Gasteiger partial charge in [-0.1, -0.05) is 32.5 Å². The Labute approximate surface area is 110 Å². The number of rotatable bonds is 2. The monoisotopic (exact) mass is 254 g/mol. The van der Waals surface area contributed by atoms with Gasteiger partial charge in [-0.2, -0.15) is 0 Å². The third kappa shape index (κ3) is 3.90. The van der Waals surface area contributed by atoms with Gasteiger partial charge in [-0.05, 0) is 43.9 Å². The van der Waals surface area contributed by atoms with Crippen molar-refractivity contribution in [1.29, 1.82) is 0 Å². The zero-order valence-corrected chi connectivity index (χ0v) is 12.2. The van der Waals surface area contributed by atoms with Crippen LogP contribution in [0.25, 0.3) is 0 Å². The number of thioether (sulfide) groups is 1. The molecule has 0 aromatic rings. The van der Waals surface area contributed by atoms with E-state index >= 15 is 0 Å². The summed E-state index contributed by atoms with van der Waals surface area (Å²) < 4.78 is 0. The normalized spacial score (nSPS) is 34.6. The quantitative estimate of drug-likeness (QED) is 0.813. The third-order valence-corrected chi connectivity index (χ3v) is 4.99. The highest BCUT2D eigenvalue weighted by molar-refractivity contribution is 8.13. The average molecular weight is 254 g/mol. The Morgan fingerprint density at radius 3 is 2.53 bits per heavy atom. The van der Waals surface area contributed by atoms with Crippen molar-refractivity contribution in [3.8, 4) is 0 Å². The molecule has 2 nitrogen and oxygen atoms in total. The molecular weight excluding hydrogens is 228 g/mol. The molecule has 0 aromatic carbocycles. The van der Waals surface area contributed by atoms with Crippen molar-refractivity contribution in [3.05, 3.63) is 0 Å². The maximum atomic E-state index is 4.86. The van der Waals surface area contributed by atoms with Gasteiger partial charge in [-0.25, -0.2) is 0 Å². The topological polar surface area (TPSA) is 24.4 Å². The average Bonchev–Trinajstić information content (AvgIpc) is 2.32. The lowest BCUT2D eigenvalue weighted by Gasteiger charge is -2.30. The van der Waals surface area contributed by atoms with Crippen LogP contribution in [0.3, 0.4) is 0 Å². The molecule has 1 saturated carbocycles. The Balaban J connectivity index is 1.85. The fourth-order valence-corrected chi connectivity index (χ4v) is 3.68. The highest BCUT2D eigenvalue weighted by atomic mass is 32.2. The van der Waals surface area contributed by atoms with Gasteiger partial charge in [0.15, 0.2) is 5.17 Å². The molecule has 1 N–H and O–H groups in total. The molecule has 0 saturated heterocycles. The van der Waals surface area contributed by atoms with Crippen molar-refractivity contribution < 1.29 is 0 Å². The van der Waals surface area contributed by atoms with E-state index in [2.05, 4.69) is 26.1 Å². The van der Waals surface area contributed by atoms with Crippen LogP contribution in [0.5, 0.6) is 0 Å². The summed E-state index contributed by atoms with van der Waals surface area (Å²) in [6.45, 7) is 6.94.